The zero-order valence-electron chi connectivity index (χ0n) is 12.8. The molecule has 1 heterocycles. The molecule has 0 aromatic heterocycles. The van der Waals surface area contributed by atoms with Crippen molar-refractivity contribution in [2.75, 3.05) is 19.6 Å². The Kier molecular flexibility index (Phi) is 8.13. The Balaban J connectivity index is 0.00000361. The molecule has 0 spiro atoms. The summed E-state index contributed by atoms with van der Waals surface area (Å²) in [5, 5.41) is 2.97. The highest BCUT2D eigenvalue weighted by molar-refractivity contribution is 5.85. The molecule has 1 atom stereocenters. The number of hydrogen-bond donors (Lipinski definition) is 2. The summed E-state index contributed by atoms with van der Waals surface area (Å²) in [6, 6.07) is 0. The summed E-state index contributed by atoms with van der Waals surface area (Å²) in [5.41, 5.74) is 5.34. The second kappa shape index (κ2) is 8.47. The van der Waals surface area contributed by atoms with Crippen molar-refractivity contribution in [2.24, 2.45) is 11.7 Å². The molecule has 3 N–H and O–H groups in total. The van der Waals surface area contributed by atoms with Gasteiger partial charge in [0, 0.05) is 19.5 Å². The maximum atomic E-state index is 12.1. The summed E-state index contributed by atoms with van der Waals surface area (Å²) in [6.07, 6.45) is 3.54. The van der Waals surface area contributed by atoms with Crippen LogP contribution >= 0.6 is 12.4 Å². The number of halogens is 1. The molecule has 1 aliphatic heterocycles. The van der Waals surface area contributed by atoms with Gasteiger partial charge < -0.3 is 16.0 Å². The molecule has 1 saturated heterocycles. The molecule has 6 heteroatoms. The summed E-state index contributed by atoms with van der Waals surface area (Å²) in [5.74, 6) is 0.227. The van der Waals surface area contributed by atoms with Gasteiger partial charge in [0.1, 0.15) is 0 Å². The first-order chi connectivity index (χ1) is 8.89. The molecule has 0 aliphatic carbocycles. The molecule has 1 rings (SSSR count). The van der Waals surface area contributed by atoms with E-state index in [0.717, 1.165) is 19.3 Å². The van der Waals surface area contributed by atoms with E-state index in [4.69, 9.17) is 5.73 Å². The number of nitrogens with zero attached hydrogens (tertiary/aromatic N) is 1. The number of amides is 2. The van der Waals surface area contributed by atoms with Gasteiger partial charge in [0.25, 0.3) is 0 Å². The van der Waals surface area contributed by atoms with E-state index in [-0.39, 0.29) is 36.7 Å². The highest BCUT2D eigenvalue weighted by atomic mass is 35.5. The molecule has 1 aliphatic rings. The van der Waals surface area contributed by atoms with Crippen molar-refractivity contribution in [3.05, 3.63) is 0 Å². The molecule has 20 heavy (non-hydrogen) atoms. The van der Waals surface area contributed by atoms with Crippen molar-refractivity contribution in [2.45, 2.75) is 52.0 Å². The van der Waals surface area contributed by atoms with Gasteiger partial charge in [-0.2, -0.15) is 0 Å². The second-order valence-corrected chi connectivity index (χ2v) is 5.95. The van der Waals surface area contributed by atoms with E-state index in [9.17, 15) is 9.59 Å². The Labute approximate surface area is 128 Å². The summed E-state index contributed by atoms with van der Waals surface area (Å²) in [4.78, 5) is 25.6. The van der Waals surface area contributed by atoms with Crippen LogP contribution in [-0.2, 0) is 9.59 Å². The van der Waals surface area contributed by atoms with Crippen LogP contribution in [0.15, 0.2) is 0 Å². The van der Waals surface area contributed by atoms with E-state index in [1.165, 1.54) is 0 Å². The summed E-state index contributed by atoms with van der Waals surface area (Å²) in [6.45, 7) is 7.24. The Morgan fingerprint density at radius 3 is 2.60 bits per heavy atom. The summed E-state index contributed by atoms with van der Waals surface area (Å²) < 4.78 is 0. The van der Waals surface area contributed by atoms with Crippen LogP contribution in [0.4, 0.5) is 0 Å². The van der Waals surface area contributed by atoms with Crippen molar-refractivity contribution < 1.29 is 9.59 Å². The average molecular weight is 306 g/mol. The second-order valence-electron chi connectivity index (χ2n) is 5.95. The first-order valence-electron chi connectivity index (χ1n) is 7.18. The lowest BCUT2D eigenvalue weighted by atomic mass is 9.88. The molecule has 118 valence electrons. The molecule has 2 amide bonds. The maximum Gasteiger partial charge on any atom is 0.240 e. The van der Waals surface area contributed by atoms with Gasteiger partial charge in [0.15, 0.2) is 0 Å². The van der Waals surface area contributed by atoms with Crippen LogP contribution in [0.25, 0.3) is 0 Å². The highest BCUT2D eigenvalue weighted by Gasteiger charge is 2.29. The molecule has 0 radical (unpaired) electrons. The third kappa shape index (κ3) is 5.29. The monoisotopic (exact) mass is 305 g/mol. The first kappa shape index (κ1) is 19.2. The predicted octanol–water partition coefficient (Wildman–Crippen LogP) is 1.30. The Bertz CT molecular complexity index is 336. The van der Waals surface area contributed by atoms with Gasteiger partial charge in [0.2, 0.25) is 11.8 Å². The predicted molar refractivity (Wildman–Crippen MR) is 82.7 cm³/mol. The van der Waals surface area contributed by atoms with Crippen LogP contribution in [0.3, 0.4) is 0 Å². The van der Waals surface area contributed by atoms with Crippen molar-refractivity contribution >= 4 is 24.2 Å². The number of likely N-dealkylation sites (tertiary alicyclic amines) is 1. The van der Waals surface area contributed by atoms with Crippen molar-refractivity contribution in [3.8, 4) is 0 Å². The molecule has 0 bridgehead atoms. The van der Waals surface area contributed by atoms with Gasteiger partial charge in [-0.1, -0.05) is 20.3 Å². The fourth-order valence-corrected chi connectivity index (χ4v) is 2.17. The molecule has 1 fully saturated rings. The van der Waals surface area contributed by atoms with Crippen LogP contribution in [-0.4, -0.2) is 41.9 Å². The SMILES string of the molecule is CC(C)C(C)(CN)NC(=O)CN1CCCCCC1=O.Cl. The molecule has 0 aromatic carbocycles. The lowest BCUT2D eigenvalue weighted by molar-refractivity contribution is -0.136. The van der Waals surface area contributed by atoms with Gasteiger partial charge >= 0.3 is 0 Å². The fourth-order valence-electron chi connectivity index (χ4n) is 2.17. The van der Waals surface area contributed by atoms with E-state index in [1.54, 1.807) is 4.90 Å². The smallest absolute Gasteiger partial charge is 0.240 e. The van der Waals surface area contributed by atoms with Gasteiger partial charge in [0.05, 0.1) is 12.1 Å². The summed E-state index contributed by atoms with van der Waals surface area (Å²) in [7, 11) is 0. The van der Waals surface area contributed by atoms with Crippen molar-refractivity contribution in [1.29, 1.82) is 0 Å². The van der Waals surface area contributed by atoms with Crippen molar-refractivity contribution in [3.63, 3.8) is 0 Å². The van der Waals surface area contributed by atoms with Gasteiger partial charge in [-0.3, -0.25) is 9.59 Å². The third-order valence-electron chi connectivity index (χ3n) is 4.13. The van der Waals surface area contributed by atoms with Crippen LogP contribution in [0.5, 0.6) is 0 Å². The van der Waals surface area contributed by atoms with Crippen LogP contribution in [0.2, 0.25) is 0 Å². The minimum atomic E-state index is -0.411. The fraction of sp³-hybridized carbons (Fsp3) is 0.857. The number of carbonyl (C=O) groups excluding carboxylic acids is 2. The highest BCUT2D eigenvalue weighted by Crippen LogP contribution is 2.15. The lowest BCUT2D eigenvalue weighted by Gasteiger charge is -2.34. The zero-order chi connectivity index (χ0) is 14.5. The number of nitrogens with two attached hydrogens (primary N) is 1. The molecule has 0 saturated carbocycles. The van der Waals surface area contributed by atoms with E-state index < -0.39 is 5.54 Å². The van der Waals surface area contributed by atoms with E-state index in [0.29, 0.717) is 19.5 Å². The van der Waals surface area contributed by atoms with E-state index in [2.05, 4.69) is 5.32 Å². The van der Waals surface area contributed by atoms with Crippen LogP contribution in [0.1, 0.15) is 46.5 Å². The number of nitrogens with one attached hydrogen (secondary N) is 1. The van der Waals surface area contributed by atoms with Gasteiger partial charge in [-0.05, 0) is 25.7 Å². The number of carbonyl (C=O) groups is 2. The molecule has 5 nitrogen and oxygen atoms in total. The largest absolute Gasteiger partial charge is 0.348 e. The topological polar surface area (TPSA) is 75.4 Å². The standard InChI is InChI=1S/C14H27N3O2.ClH/c1-11(2)14(3,10-15)16-12(18)9-17-8-6-4-5-7-13(17)19;/h11H,4-10,15H2,1-3H3,(H,16,18);1H. The Morgan fingerprint density at radius 2 is 2.05 bits per heavy atom. The van der Waals surface area contributed by atoms with Gasteiger partial charge in [-0.25, -0.2) is 0 Å². The zero-order valence-corrected chi connectivity index (χ0v) is 13.6. The normalized spacial score (nSPS) is 19.1. The molecular formula is C14H28ClN3O2. The third-order valence-corrected chi connectivity index (χ3v) is 4.13. The van der Waals surface area contributed by atoms with E-state index >= 15 is 0 Å². The summed E-state index contributed by atoms with van der Waals surface area (Å²) >= 11 is 0. The average Bonchev–Trinajstić information content (AvgIpc) is 2.54. The minimum absolute atomic E-state index is 0. The van der Waals surface area contributed by atoms with Gasteiger partial charge in [-0.15, -0.1) is 12.4 Å². The quantitative estimate of drug-likeness (QED) is 0.804. The lowest BCUT2D eigenvalue weighted by Crippen LogP contribution is -2.57. The van der Waals surface area contributed by atoms with Crippen LogP contribution in [0, 0.1) is 5.92 Å². The minimum Gasteiger partial charge on any atom is -0.348 e. The van der Waals surface area contributed by atoms with Crippen molar-refractivity contribution in [1.82, 2.24) is 10.2 Å². The Morgan fingerprint density at radius 1 is 1.40 bits per heavy atom. The Hall–Kier alpha value is -0.810. The number of rotatable bonds is 5. The van der Waals surface area contributed by atoms with Crippen LogP contribution < -0.4 is 11.1 Å². The first-order valence-corrected chi connectivity index (χ1v) is 7.18. The molecular weight excluding hydrogens is 278 g/mol. The van der Waals surface area contributed by atoms with E-state index in [1.807, 2.05) is 20.8 Å². The molecule has 1 unspecified atom stereocenters. The maximum absolute atomic E-state index is 12.1. The number of hydrogen-bond acceptors (Lipinski definition) is 3. The molecule has 0 aromatic rings.